The van der Waals surface area contributed by atoms with E-state index in [2.05, 4.69) is 21.2 Å². The molecule has 1 amide bonds. The minimum Gasteiger partial charge on any atom is -0.375 e. The van der Waals surface area contributed by atoms with Crippen LogP contribution >= 0.6 is 15.9 Å². The van der Waals surface area contributed by atoms with E-state index in [9.17, 15) is 4.79 Å². The van der Waals surface area contributed by atoms with E-state index < -0.39 is 0 Å². The first kappa shape index (κ1) is 10.1. The number of anilines is 1. The molecule has 1 aromatic rings. The molecule has 0 atom stereocenters. The molecule has 70 valence electrons. The van der Waals surface area contributed by atoms with Crippen LogP contribution in [0.4, 0.5) is 5.69 Å². The zero-order chi connectivity index (χ0) is 9.84. The molecule has 0 fully saturated rings. The number of nitrogens with one attached hydrogen (secondary N) is 1. The second-order valence-electron chi connectivity index (χ2n) is 2.80. The Morgan fingerprint density at radius 2 is 2.31 bits per heavy atom. The van der Waals surface area contributed by atoms with E-state index in [0.29, 0.717) is 0 Å². The van der Waals surface area contributed by atoms with Gasteiger partial charge in [0.2, 0.25) is 5.91 Å². The number of carbonyl (C=O) groups excluding carboxylic acids is 1. The fraction of sp³-hybridized carbons (Fsp3) is 0.222. The molecule has 0 bridgehead atoms. The second-order valence-corrected chi connectivity index (χ2v) is 3.66. The Morgan fingerprint density at radius 1 is 1.62 bits per heavy atom. The lowest BCUT2D eigenvalue weighted by molar-refractivity contribution is -0.116. The van der Waals surface area contributed by atoms with Crippen LogP contribution < -0.4 is 11.1 Å². The van der Waals surface area contributed by atoms with Crippen LogP contribution in [0.1, 0.15) is 5.56 Å². The highest BCUT2D eigenvalue weighted by molar-refractivity contribution is 9.10. The van der Waals surface area contributed by atoms with Gasteiger partial charge < -0.3 is 11.1 Å². The van der Waals surface area contributed by atoms with E-state index in [1.165, 1.54) is 0 Å². The first-order chi connectivity index (χ1) is 6.09. The monoisotopic (exact) mass is 242 g/mol. The van der Waals surface area contributed by atoms with Crippen molar-refractivity contribution in [3.05, 3.63) is 28.2 Å². The summed E-state index contributed by atoms with van der Waals surface area (Å²) in [6.45, 7) is 2.14. The SMILES string of the molecule is Cc1ccc(Br)c(NCC(N)=O)c1. The molecule has 3 N–H and O–H groups in total. The van der Waals surface area contributed by atoms with Gasteiger partial charge in [0.1, 0.15) is 0 Å². The number of primary amides is 1. The summed E-state index contributed by atoms with van der Waals surface area (Å²) in [6.07, 6.45) is 0. The molecular formula is C9H11BrN2O. The first-order valence-corrected chi connectivity index (χ1v) is 4.67. The third-order valence-corrected chi connectivity index (χ3v) is 2.27. The summed E-state index contributed by atoms with van der Waals surface area (Å²) in [5, 5.41) is 2.93. The number of hydrogen-bond donors (Lipinski definition) is 2. The van der Waals surface area contributed by atoms with Gasteiger partial charge in [-0.25, -0.2) is 0 Å². The normalized spacial score (nSPS) is 9.69. The second kappa shape index (κ2) is 4.28. The summed E-state index contributed by atoms with van der Waals surface area (Å²) in [4.78, 5) is 10.5. The Morgan fingerprint density at radius 3 is 2.92 bits per heavy atom. The van der Waals surface area contributed by atoms with Crippen LogP contribution in [0, 0.1) is 6.92 Å². The summed E-state index contributed by atoms with van der Waals surface area (Å²) < 4.78 is 0.930. The Hall–Kier alpha value is -1.03. The predicted molar refractivity (Wildman–Crippen MR) is 56.6 cm³/mol. The van der Waals surface area contributed by atoms with Gasteiger partial charge in [0.15, 0.2) is 0 Å². The maximum atomic E-state index is 10.5. The average molecular weight is 243 g/mol. The Labute approximate surface area is 85.4 Å². The van der Waals surface area contributed by atoms with Gasteiger partial charge in [-0.05, 0) is 40.5 Å². The third kappa shape index (κ3) is 3.06. The van der Waals surface area contributed by atoms with Gasteiger partial charge in [0.25, 0.3) is 0 Å². The smallest absolute Gasteiger partial charge is 0.236 e. The van der Waals surface area contributed by atoms with Gasteiger partial charge in [-0.3, -0.25) is 4.79 Å². The molecule has 0 aliphatic rings. The molecule has 0 radical (unpaired) electrons. The molecule has 4 heteroatoms. The van der Waals surface area contributed by atoms with Crippen LogP contribution in [-0.4, -0.2) is 12.5 Å². The molecule has 1 aromatic carbocycles. The van der Waals surface area contributed by atoms with Crippen molar-refractivity contribution in [1.82, 2.24) is 0 Å². The summed E-state index contributed by atoms with van der Waals surface area (Å²) >= 11 is 3.37. The van der Waals surface area contributed by atoms with E-state index in [-0.39, 0.29) is 12.5 Å². The van der Waals surface area contributed by atoms with Crippen molar-refractivity contribution < 1.29 is 4.79 Å². The largest absolute Gasteiger partial charge is 0.375 e. The predicted octanol–water partition coefficient (Wildman–Crippen LogP) is 1.65. The Kier molecular flexibility index (Phi) is 3.31. The lowest BCUT2D eigenvalue weighted by Crippen LogP contribution is -2.21. The van der Waals surface area contributed by atoms with E-state index in [1.807, 2.05) is 25.1 Å². The van der Waals surface area contributed by atoms with Crippen molar-refractivity contribution in [3.63, 3.8) is 0 Å². The third-order valence-electron chi connectivity index (χ3n) is 1.57. The fourth-order valence-electron chi connectivity index (χ4n) is 0.957. The number of amides is 1. The minimum absolute atomic E-state index is 0.155. The number of nitrogens with two attached hydrogens (primary N) is 1. The van der Waals surface area contributed by atoms with Crippen molar-refractivity contribution >= 4 is 27.5 Å². The molecule has 3 nitrogen and oxygen atoms in total. The van der Waals surface area contributed by atoms with Gasteiger partial charge in [0, 0.05) is 10.2 Å². The van der Waals surface area contributed by atoms with E-state index in [0.717, 1.165) is 15.7 Å². The van der Waals surface area contributed by atoms with Crippen LogP contribution in [0.5, 0.6) is 0 Å². The highest BCUT2D eigenvalue weighted by atomic mass is 79.9. The molecule has 0 heterocycles. The summed E-state index contributed by atoms with van der Waals surface area (Å²) in [7, 11) is 0. The zero-order valence-corrected chi connectivity index (χ0v) is 8.89. The van der Waals surface area contributed by atoms with Gasteiger partial charge in [0.05, 0.1) is 6.54 Å². The quantitative estimate of drug-likeness (QED) is 0.848. The summed E-state index contributed by atoms with van der Waals surface area (Å²) in [6, 6.07) is 5.87. The number of rotatable bonds is 3. The fourth-order valence-corrected chi connectivity index (χ4v) is 1.34. The molecule has 0 aliphatic carbocycles. The Bertz CT molecular complexity index is 325. The number of carbonyl (C=O) groups is 1. The molecule has 0 spiro atoms. The standard InChI is InChI=1S/C9H11BrN2O/c1-6-2-3-7(10)8(4-6)12-5-9(11)13/h2-4,12H,5H2,1H3,(H2,11,13). The highest BCUT2D eigenvalue weighted by Gasteiger charge is 2.00. The van der Waals surface area contributed by atoms with E-state index in [4.69, 9.17) is 5.73 Å². The number of halogens is 1. The summed E-state index contributed by atoms with van der Waals surface area (Å²) in [5.41, 5.74) is 7.03. The maximum Gasteiger partial charge on any atom is 0.236 e. The number of hydrogen-bond acceptors (Lipinski definition) is 2. The molecule has 0 saturated carbocycles. The van der Waals surface area contributed by atoms with Crippen LogP contribution in [-0.2, 0) is 4.79 Å². The van der Waals surface area contributed by atoms with Crippen LogP contribution in [0.3, 0.4) is 0 Å². The van der Waals surface area contributed by atoms with Crippen LogP contribution in [0.2, 0.25) is 0 Å². The molecule has 1 rings (SSSR count). The van der Waals surface area contributed by atoms with Gasteiger partial charge in [-0.15, -0.1) is 0 Å². The lowest BCUT2D eigenvalue weighted by Gasteiger charge is -2.06. The first-order valence-electron chi connectivity index (χ1n) is 3.88. The van der Waals surface area contributed by atoms with Crippen LogP contribution in [0.25, 0.3) is 0 Å². The van der Waals surface area contributed by atoms with Crippen molar-refractivity contribution in [2.45, 2.75) is 6.92 Å². The lowest BCUT2D eigenvalue weighted by atomic mass is 10.2. The van der Waals surface area contributed by atoms with Gasteiger partial charge in [-0.1, -0.05) is 6.07 Å². The average Bonchev–Trinajstić information content (AvgIpc) is 2.06. The van der Waals surface area contributed by atoms with Crippen molar-refractivity contribution in [3.8, 4) is 0 Å². The van der Waals surface area contributed by atoms with E-state index >= 15 is 0 Å². The van der Waals surface area contributed by atoms with Gasteiger partial charge >= 0.3 is 0 Å². The molecule has 0 unspecified atom stereocenters. The maximum absolute atomic E-state index is 10.5. The number of benzene rings is 1. The molecule has 0 aromatic heterocycles. The molecule has 0 aliphatic heterocycles. The Balaban J connectivity index is 2.75. The zero-order valence-electron chi connectivity index (χ0n) is 7.30. The summed E-state index contributed by atoms with van der Waals surface area (Å²) in [5.74, 6) is -0.367. The molecule has 13 heavy (non-hydrogen) atoms. The molecular weight excluding hydrogens is 232 g/mol. The van der Waals surface area contributed by atoms with Crippen molar-refractivity contribution in [1.29, 1.82) is 0 Å². The van der Waals surface area contributed by atoms with E-state index in [1.54, 1.807) is 0 Å². The topological polar surface area (TPSA) is 55.1 Å². The van der Waals surface area contributed by atoms with Crippen molar-refractivity contribution in [2.75, 3.05) is 11.9 Å². The van der Waals surface area contributed by atoms with Gasteiger partial charge in [-0.2, -0.15) is 0 Å². The van der Waals surface area contributed by atoms with Crippen LogP contribution in [0.15, 0.2) is 22.7 Å². The highest BCUT2D eigenvalue weighted by Crippen LogP contribution is 2.22. The molecule has 0 saturated heterocycles. The minimum atomic E-state index is -0.367. The van der Waals surface area contributed by atoms with Crippen molar-refractivity contribution in [2.24, 2.45) is 5.73 Å². The number of aryl methyl sites for hydroxylation is 1.